The third-order valence-corrected chi connectivity index (χ3v) is 3.36. The Morgan fingerprint density at radius 2 is 2.07 bits per heavy atom. The lowest BCUT2D eigenvalue weighted by Crippen LogP contribution is -2.58. The molecule has 0 radical (unpaired) electrons. The zero-order valence-electron chi connectivity index (χ0n) is 9.68. The monoisotopic (exact) mass is 211 g/mol. The summed E-state index contributed by atoms with van der Waals surface area (Å²) >= 11 is 0. The van der Waals surface area contributed by atoms with Crippen LogP contribution in [-0.2, 0) is 4.79 Å². The molecule has 86 valence electrons. The summed E-state index contributed by atoms with van der Waals surface area (Å²) in [6, 6.07) is 0. The molecule has 2 aliphatic rings. The lowest BCUT2D eigenvalue weighted by Gasteiger charge is -2.42. The van der Waals surface area contributed by atoms with Crippen molar-refractivity contribution >= 4 is 5.91 Å². The zero-order valence-corrected chi connectivity index (χ0v) is 9.68. The highest BCUT2D eigenvalue weighted by Gasteiger charge is 2.45. The van der Waals surface area contributed by atoms with Crippen molar-refractivity contribution in [3.8, 4) is 0 Å². The zero-order chi connectivity index (χ0) is 10.9. The number of nitrogens with zero attached hydrogens (tertiary/aromatic N) is 1. The van der Waals surface area contributed by atoms with E-state index in [-0.39, 0.29) is 11.6 Å². The van der Waals surface area contributed by atoms with Crippen molar-refractivity contribution in [1.29, 1.82) is 0 Å². The van der Waals surface area contributed by atoms with Crippen LogP contribution in [-0.4, -0.2) is 42.6 Å². The molecule has 0 saturated carbocycles. The van der Waals surface area contributed by atoms with Crippen LogP contribution < -0.4 is 10.6 Å². The Hall–Kier alpha value is -0.610. The van der Waals surface area contributed by atoms with Crippen molar-refractivity contribution in [2.45, 2.75) is 32.4 Å². The SMILES string of the molecule is CC(C)CN1C(=O)CNC12CCNCC2. The van der Waals surface area contributed by atoms with Crippen molar-refractivity contribution in [1.82, 2.24) is 15.5 Å². The van der Waals surface area contributed by atoms with Crippen LogP contribution >= 0.6 is 0 Å². The van der Waals surface area contributed by atoms with E-state index in [1.807, 2.05) is 0 Å². The normalized spacial score (nSPS) is 25.5. The van der Waals surface area contributed by atoms with Crippen molar-refractivity contribution < 1.29 is 4.79 Å². The van der Waals surface area contributed by atoms with Gasteiger partial charge in [-0.2, -0.15) is 0 Å². The predicted molar refractivity (Wildman–Crippen MR) is 59.4 cm³/mol. The summed E-state index contributed by atoms with van der Waals surface area (Å²) in [6.45, 7) is 7.75. The van der Waals surface area contributed by atoms with Gasteiger partial charge in [0.15, 0.2) is 0 Å². The molecule has 0 aromatic heterocycles. The second-order valence-electron chi connectivity index (χ2n) is 5.03. The van der Waals surface area contributed by atoms with Crippen LogP contribution in [0.15, 0.2) is 0 Å². The molecule has 2 saturated heterocycles. The first kappa shape index (κ1) is 10.9. The molecular formula is C11H21N3O. The molecule has 2 rings (SSSR count). The second kappa shape index (κ2) is 4.10. The van der Waals surface area contributed by atoms with E-state index >= 15 is 0 Å². The van der Waals surface area contributed by atoms with Gasteiger partial charge in [0.25, 0.3) is 0 Å². The Kier molecular flexibility index (Phi) is 2.98. The van der Waals surface area contributed by atoms with E-state index in [0.717, 1.165) is 32.5 Å². The van der Waals surface area contributed by atoms with Gasteiger partial charge in [0, 0.05) is 6.54 Å². The number of hydrogen-bond donors (Lipinski definition) is 2. The molecule has 15 heavy (non-hydrogen) atoms. The number of carbonyl (C=O) groups excluding carboxylic acids is 1. The van der Waals surface area contributed by atoms with Crippen LogP contribution in [0.1, 0.15) is 26.7 Å². The number of nitrogens with one attached hydrogen (secondary N) is 2. The lowest BCUT2D eigenvalue weighted by molar-refractivity contribution is -0.131. The number of carbonyl (C=O) groups is 1. The molecule has 0 aromatic carbocycles. The summed E-state index contributed by atoms with van der Waals surface area (Å²) in [4.78, 5) is 13.9. The minimum atomic E-state index is -0.0351. The van der Waals surface area contributed by atoms with E-state index in [4.69, 9.17) is 0 Å². The van der Waals surface area contributed by atoms with Gasteiger partial charge in [-0.05, 0) is 31.8 Å². The minimum Gasteiger partial charge on any atom is -0.323 e. The maximum absolute atomic E-state index is 11.8. The van der Waals surface area contributed by atoms with Crippen molar-refractivity contribution in [2.24, 2.45) is 5.92 Å². The van der Waals surface area contributed by atoms with Crippen LogP contribution in [0.25, 0.3) is 0 Å². The van der Waals surface area contributed by atoms with Gasteiger partial charge in [-0.3, -0.25) is 10.1 Å². The summed E-state index contributed by atoms with van der Waals surface area (Å²) in [5, 5.41) is 6.76. The van der Waals surface area contributed by atoms with Crippen LogP contribution in [0.3, 0.4) is 0 Å². The van der Waals surface area contributed by atoms with E-state index in [0.29, 0.717) is 12.5 Å². The quantitative estimate of drug-likeness (QED) is 0.683. The van der Waals surface area contributed by atoms with Gasteiger partial charge in [0.1, 0.15) is 0 Å². The Bertz CT molecular complexity index is 246. The van der Waals surface area contributed by atoms with Crippen molar-refractivity contribution in [3.05, 3.63) is 0 Å². The second-order valence-corrected chi connectivity index (χ2v) is 5.03. The fraction of sp³-hybridized carbons (Fsp3) is 0.909. The summed E-state index contributed by atoms with van der Waals surface area (Å²) in [7, 11) is 0. The molecule has 2 heterocycles. The standard InChI is InChI=1S/C11H21N3O/c1-9(2)8-14-10(15)7-13-11(14)3-5-12-6-4-11/h9,12-13H,3-8H2,1-2H3. The third-order valence-electron chi connectivity index (χ3n) is 3.36. The molecule has 0 unspecified atom stereocenters. The van der Waals surface area contributed by atoms with Gasteiger partial charge in [-0.15, -0.1) is 0 Å². The van der Waals surface area contributed by atoms with Crippen molar-refractivity contribution in [3.63, 3.8) is 0 Å². The molecule has 0 atom stereocenters. The Morgan fingerprint density at radius 1 is 1.40 bits per heavy atom. The average Bonchev–Trinajstić information content (AvgIpc) is 2.48. The highest BCUT2D eigenvalue weighted by molar-refractivity contribution is 5.81. The summed E-state index contributed by atoms with van der Waals surface area (Å²) in [5.74, 6) is 0.811. The van der Waals surface area contributed by atoms with E-state index in [9.17, 15) is 4.79 Å². The van der Waals surface area contributed by atoms with Crippen LogP contribution in [0.5, 0.6) is 0 Å². The summed E-state index contributed by atoms with van der Waals surface area (Å²) in [5.41, 5.74) is -0.0351. The first-order valence-corrected chi connectivity index (χ1v) is 5.90. The fourth-order valence-electron chi connectivity index (χ4n) is 2.60. The van der Waals surface area contributed by atoms with Crippen LogP contribution in [0, 0.1) is 5.92 Å². The molecule has 1 spiro atoms. The van der Waals surface area contributed by atoms with E-state index < -0.39 is 0 Å². The molecule has 2 fully saturated rings. The maximum Gasteiger partial charge on any atom is 0.238 e. The van der Waals surface area contributed by atoms with Crippen LogP contribution in [0.4, 0.5) is 0 Å². The van der Waals surface area contributed by atoms with E-state index in [1.165, 1.54) is 0 Å². The molecule has 0 bridgehead atoms. The Morgan fingerprint density at radius 3 is 2.67 bits per heavy atom. The molecule has 4 heteroatoms. The van der Waals surface area contributed by atoms with Crippen molar-refractivity contribution in [2.75, 3.05) is 26.2 Å². The first-order valence-electron chi connectivity index (χ1n) is 5.90. The fourth-order valence-corrected chi connectivity index (χ4v) is 2.60. The van der Waals surface area contributed by atoms with Gasteiger partial charge in [-0.25, -0.2) is 0 Å². The number of hydrogen-bond acceptors (Lipinski definition) is 3. The largest absolute Gasteiger partial charge is 0.323 e. The Labute approximate surface area is 91.4 Å². The molecular weight excluding hydrogens is 190 g/mol. The molecule has 2 aliphatic heterocycles. The molecule has 0 aromatic rings. The smallest absolute Gasteiger partial charge is 0.238 e. The summed E-state index contributed by atoms with van der Waals surface area (Å²) < 4.78 is 0. The first-order chi connectivity index (χ1) is 7.14. The summed E-state index contributed by atoms with van der Waals surface area (Å²) in [6.07, 6.45) is 2.07. The molecule has 4 nitrogen and oxygen atoms in total. The topological polar surface area (TPSA) is 44.4 Å². The number of piperidine rings is 1. The van der Waals surface area contributed by atoms with Gasteiger partial charge in [-0.1, -0.05) is 13.8 Å². The van der Waals surface area contributed by atoms with Gasteiger partial charge >= 0.3 is 0 Å². The highest BCUT2D eigenvalue weighted by atomic mass is 16.2. The highest BCUT2D eigenvalue weighted by Crippen LogP contribution is 2.28. The minimum absolute atomic E-state index is 0.0351. The van der Waals surface area contributed by atoms with Gasteiger partial charge in [0.2, 0.25) is 5.91 Å². The number of amides is 1. The maximum atomic E-state index is 11.8. The molecule has 0 aliphatic carbocycles. The average molecular weight is 211 g/mol. The number of rotatable bonds is 2. The van der Waals surface area contributed by atoms with E-state index in [1.54, 1.807) is 0 Å². The van der Waals surface area contributed by atoms with E-state index in [2.05, 4.69) is 29.4 Å². The van der Waals surface area contributed by atoms with Crippen LogP contribution in [0.2, 0.25) is 0 Å². The predicted octanol–water partition coefficient (Wildman–Crippen LogP) is 0.154. The third kappa shape index (κ3) is 2.01. The van der Waals surface area contributed by atoms with Gasteiger partial charge < -0.3 is 10.2 Å². The molecule has 1 amide bonds. The van der Waals surface area contributed by atoms with Gasteiger partial charge in [0.05, 0.1) is 12.2 Å². The molecule has 2 N–H and O–H groups in total. The lowest BCUT2D eigenvalue weighted by atomic mass is 9.96. The Balaban J connectivity index is 2.11.